The molecule has 0 spiro atoms. The molecule has 2 atom stereocenters. The summed E-state index contributed by atoms with van der Waals surface area (Å²) in [7, 11) is 0. The second-order valence-corrected chi connectivity index (χ2v) is 5.89. The first-order valence-electron chi connectivity index (χ1n) is 6.71. The van der Waals surface area contributed by atoms with Gasteiger partial charge in [-0.1, -0.05) is 46.3 Å². The third-order valence-electron chi connectivity index (χ3n) is 3.69. The highest BCUT2D eigenvalue weighted by atomic mass is 79.9. The van der Waals surface area contributed by atoms with E-state index < -0.39 is 23.7 Å². The van der Waals surface area contributed by atoms with Gasteiger partial charge in [-0.05, 0) is 29.8 Å². The molecule has 1 aliphatic rings. The van der Waals surface area contributed by atoms with Crippen LogP contribution < -0.4 is 4.90 Å². The fourth-order valence-corrected chi connectivity index (χ4v) is 2.93. The van der Waals surface area contributed by atoms with Crippen LogP contribution in [0.2, 0.25) is 0 Å². The lowest BCUT2D eigenvalue weighted by atomic mass is 9.94. The molecule has 1 amide bonds. The molecular formula is C17H11BrN2O2. The van der Waals surface area contributed by atoms with Gasteiger partial charge in [-0.15, -0.1) is 0 Å². The van der Waals surface area contributed by atoms with E-state index in [2.05, 4.69) is 15.9 Å². The number of ketones is 1. The van der Waals surface area contributed by atoms with Gasteiger partial charge in [0.05, 0.1) is 12.1 Å². The number of carbonyl (C=O) groups is 2. The van der Waals surface area contributed by atoms with Crippen LogP contribution in [0.15, 0.2) is 59.1 Å². The molecule has 0 saturated carbocycles. The number of benzene rings is 2. The average Bonchev–Trinajstić information content (AvgIpc) is 2.80. The molecule has 22 heavy (non-hydrogen) atoms. The molecule has 4 nitrogen and oxygen atoms in total. The predicted molar refractivity (Wildman–Crippen MR) is 84.9 cm³/mol. The van der Waals surface area contributed by atoms with Crippen molar-refractivity contribution < 1.29 is 9.59 Å². The summed E-state index contributed by atoms with van der Waals surface area (Å²) in [6, 6.07) is 17.6. The summed E-state index contributed by atoms with van der Waals surface area (Å²) >= 11 is 3.36. The Balaban J connectivity index is 2.13. The largest absolute Gasteiger partial charge is 0.296 e. The van der Waals surface area contributed by atoms with Gasteiger partial charge < -0.3 is 0 Å². The van der Waals surface area contributed by atoms with Gasteiger partial charge in [-0.3, -0.25) is 14.5 Å². The Morgan fingerprint density at radius 2 is 1.64 bits per heavy atom. The van der Waals surface area contributed by atoms with E-state index in [0.717, 1.165) is 10.0 Å². The highest BCUT2D eigenvalue weighted by molar-refractivity contribution is 9.10. The topological polar surface area (TPSA) is 61.2 Å². The maximum absolute atomic E-state index is 12.3. The monoisotopic (exact) mass is 354 g/mol. The van der Waals surface area contributed by atoms with Crippen molar-refractivity contribution in [3.63, 3.8) is 0 Å². The molecule has 5 heteroatoms. The van der Waals surface area contributed by atoms with Crippen LogP contribution in [0.1, 0.15) is 11.6 Å². The lowest BCUT2D eigenvalue weighted by Crippen LogP contribution is -2.29. The zero-order chi connectivity index (χ0) is 15.7. The van der Waals surface area contributed by atoms with E-state index in [1.165, 1.54) is 4.90 Å². The van der Waals surface area contributed by atoms with Gasteiger partial charge in [-0.25, -0.2) is 0 Å². The van der Waals surface area contributed by atoms with Gasteiger partial charge in [-0.2, -0.15) is 5.26 Å². The number of para-hydroxylation sites is 1. The van der Waals surface area contributed by atoms with E-state index in [1.807, 2.05) is 36.4 Å². The van der Waals surface area contributed by atoms with Crippen molar-refractivity contribution in [2.45, 2.75) is 6.04 Å². The van der Waals surface area contributed by atoms with Crippen LogP contribution in [-0.2, 0) is 9.59 Å². The molecule has 0 aromatic heterocycles. The zero-order valence-electron chi connectivity index (χ0n) is 11.4. The molecule has 1 saturated heterocycles. The fraction of sp³-hybridized carbons (Fsp3) is 0.118. The van der Waals surface area contributed by atoms with Crippen LogP contribution in [0.5, 0.6) is 0 Å². The van der Waals surface area contributed by atoms with Gasteiger partial charge in [0.1, 0.15) is 5.92 Å². The van der Waals surface area contributed by atoms with E-state index >= 15 is 0 Å². The first-order chi connectivity index (χ1) is 10.6. The minimum atomic E-state index is -0.992. The van der Waals surface area contributed by atoms with E-state index in [9.17, 15) is 14.9 Å². The standard InChI is InChI=1S/C17H11BrN2O2/c18-12-8-6-11(7-9-12)15-14(10-19)16(21)17(22)20(15)13-4-2-1-3-5-13/h1-9,14-15H. The molecule has 1 heterocycles. The first kappa shape index (κ1) is 14.5. The van der Waals surface area contributed by atoms with Crippen molar-refractivity contribution >= 4 is 33.3 Å². The molecule has 108 valence electrons. The molecular weight excluding hydrogens is 344 g/mol. The van der Waals surface area contributed by atoms with E-state index in [0.29, 0.717) is 5.69 Å². The summed E-state index contributed by atoms with van der Waals surface area (Å²) in [5.41, 5.74) is 1.38. The van der Waals surface area contributed by atoms with Gasteiger partial charge in [0.25, 0.3) is 5.91 Å². The number of halogens is 1. The number of carbonyl (C=O) groups excluding carboxylic acids is 2. The molecule has 2 aromatic rings. The molecule has 0 bridgehead atoms. The third kappa shape index (κ3) is 2.32. The second-order valence-electron chi connectivity index (χ2n) is 4.98. The number of rotatable bonds is 2. The summed E-state index contributed by atoms with van der Waals surface area (Å²) in [5, 5.41) is 9.35. The molecule has 1 fully saturated rings. The van der Waals surface area contributed by atoms with Crippen molar-refractivity contribution in [2.75, 3.05) is 4.90 Å². The number of nitrogens with zero attached hydrogens (tertiary/aromatic N) is 2. The van der Waals surface area contributed by atoms with Gasteiger partial charge >= 0.3 is 0 Å². The van der Waals surface area contributed by atoms with Crippen LogP contribution in [0, 0.1) is 17.2 Å². The highest BCUT2D eigenvalue weighted by Crippen LogP contribution is 2.39. The molecule has 2 aromatic carbocycles. The van der Waals surface area contributed by atoms with Crippen LogP contribution >= 0.6 is 15.9 Å². The fourth-order valence-electron chi connectivity index (χ4n) is 2.67. The number of nitriles is 1. The molecule has 0 aliphatic carbocycles. The van der Waals surface area contributed by atoms with E-state index in [1.54, 1.807) is 24.3 Å². The molecule has 1 aliphatic heterocycles. The maximum atomic E-state index is 12.3. The highest BCUT2D eigenvalue weighted by Gasteiger charge is 2.49. The Morgan fingerprint density at radius 1 is 1.00 bits per heavy atom. The third-order valence-corrected chi connectivity index (χ3v) is 4.22. The van der Waals surface area contributed by atoms with Crippen LogP contribution in [0.3, 0.4) is 0 Å². The molecule has 2 unspecified atom stereocenters. The van der Waals surface area contributed by atoms with Crippen molar-refractivity contribution in [1.29, 1.82) is 5.26 Å². The van der Waals surface area contributed by atoms with E-state index in [-0.39, 0.29) is 0 Å². The van der Waals surface area contributed by atoms with Crippen LogP contribution in [0.25, 0.3) is 0 Å². The SMILES string of the molecule is N#CC1C(=O)C(=O)N(c2ccccc2)C1c1ccc(Br)cc1. The Kier molecular flexibility index (Phi) is 3.78. The van der Waals surface area contributed by atoms with Crippen molar-refractivity contribution in [3.8, 4) is 6.07 Å². The summed E-state index contributed by atoms with van der Waals surface area (Å²) in [6.07, 6.45) is 0. The Hall–Kier alpha value is -2.45. The van der Waals surface area contributed by atoms with Crippen molar-refractivity contribution in [1.82, 2.24) is 0 Å². The summed E-state index contributed by atoms with van der Waals surface area (Å²) < 4.78 is 0.895. The summed E-state index contributed by atoms with van der Waals surface area (Å²) in [6.45, 7) is 0. The minimum Gasteiger partial charge on any atom is -0.296 e. The normalized spacial score (nSPS) is 21.0. The summed E-state index contributed by atoms with van der Waals surface area (Å²) in [5.74, 6) is -2.28. The lowest BCUT2D eigenvalue weighted by molar-refractivity contribution is -0.134. The molecule has 3 rings (SSSR count). The number of hydrogen-bond acceptors (Lipinski definition) is 3. The predicted octanol–water partition coefficient (Wildman–Crippen LogP) is 3.25. The quantitative estimate of drug-likeness (QED) is 0.777. The summed E-state index contributed by atoms with van der Waals surface area (Å²) in [4.78, 5) is 25.9. The minimum absolute atomic E-state index is 0.597. The zero-order valence-corrected chi connectivity index (χ0v) is 13.0. The van der Waals surface area contributed by atoms with Crippen LogP contribution in [-0.4, -0.2) is 11.7 Å². The number of anilines is 1. The first-order valence-corrected chi connectivity index (χ1v) is 7.50. The number of amides is 1. The number of hydrogen-bond donors (Lipinski definition) is 0. The maximum Gasteiger partial charge on any atom is 0.296 e. The smallest absolute Gasteiger partial charge is 0.296 e. The van der Waals surface area contributed by atoms with Crippen molar-refractivity contribution in [3.05, 3.63) is 64.6 Å². The Labute approximate surface area is 136 Å². The lowest BCUT2D eigenvalue weighted by Gasteiger charge is -2.25. The molecule has 0 radical (unpaired) electrons. The average molecular weight is 355 g/mol. The van der Waals surface area contributed by atoms with Gasteiger partial charge in [0.2, 0.25) is 5.78 Å². The van der Waals surface area contributed by atoms with Gasteiger partial charge in [0, 0.05) is 10.2 Å². The van der Waals surface area contributed by atoms with Crippen LogP contribution in [0.4, 0.5) is 5.69 Å². The number of Topliss-reactive ketones (excluding diaryl/α,β-unsaturated/α-hetero) is 1. The Bertz CT molecular complexity index is 765. The Morgan fingerprint density at radius 3 is 2.23 bits per heavy atom. The van der Waals surface area contributed by atoms with Gasteiger partial charge in [0.15, 0.2) is 0 Å². The van der Waals surface area contributed by atoms with Crippen molar-refractivity contribution in [2.24, 2.45) is 5.92 Å². The second kappa shape index (κ2) is 5.74. The van der Waals surface area contributed by atoms with E-state index in [4.69, 9.17) is 0 Å². The molecule has 0 N–H and O–H groups in total.